The van der Waals surface area contributed by atoms with Crippen LogP contribution >= 0.6 is 11.6 Å². The predicted molar refractivity (Wildman–Crippen MR) is 91.4 cm³/mol. The van der Waals surface area contributed by atoms with Crippen LogP contribution in [0.1, 0.15) is 45.9 Å². The molecule has 1 saturated heterocycles. The second kappa shape index (κ2) is 6.53. The lowest BCUT2D eigenvalue weighted by atomic mass is 9.91. The van der Waals surface area contributed by atoms with Crippen molar-refractivity contribution in [3.05, 3.63) is 23.4 Å². The smallest absolute Gasteiger partial charge is 0.129 e. The molecule has 1 aliphatic rings. The Morgan fingerprint density at radius 3 is 2.24 bits per heavy atom. The molecule has 0 N–H and O–H groups in total. The molecule has 4 heteroatoms. The minimum atomic E-state index is 0.0522. The predicted octanol–water partition coefficient (Wildman–Crippen LogP) is 3.65. The molecular weight excluding hydrogens is 282 g/mol. The summed E-state index contributed by atoms with van der Waals surface area (Å²) in [6.07, 6.45) is 0. The molecule has 0 bridgehead atoms. The van der Waals surface area contributed by atoms with Crippen LogP contribution < -0.4 is 4.90 Å². The van der Waals surface area contributed by atoms with Crippen LogP contribution in [-0.2, 0) is 11.3 Å². The van der Waals surface area contributed by atoms with Crippen molar-refractivity contribution in [2.45, 2.75) is 52.0 Å². The van der Waals surface area contributed by atoms with E-state index in [1.807, 2.05) is 0 Å². The van der Waals surface area contributed by atoms with Gasteiger partial charge in [-0.2, -0.15) is 0 Å². The molecule has 0 aliphatic carbocycles. The van der Waals surface area contributed by atoms with Crippen molar-refractivity contribution in [2.24, 2.45) is 0 Å². The van der Waals surface area contributed by atoms with Crippen molar-refractivity contribution in [1.29, 1.82) is 0 Å². The first-order valence-corrected chi connectivity index (χ1v) is 8.41. The molecule has 21 heavy (non-hydrogen) atoms. The molecular formula is C17H28ClN3. The summed E-state index contributed by atoms with van der Waals surface area (Å²) in [6, 6.07) is 4.91. The first-order chi connectivity index (χ1) is 9.81. The number of aromatic nitrogens is 1. The molecule has 118 valence electrons. The monoisotopic (exact) mass is 309 g/mol. The quantitative estimate of drug-likeness (QED) is 0.795. The number of pyridine rings is 1. The van der Waals surface area contributed by atoms with E-state index < -0.39 is 0 Å². The van der Waals surface area contributed by atoms with Crippen LogP contribution in [0.3, 0.4) is 0 Å². The number of nitrogens with zero attached hydrogens (tertiary/aromatic N) is 3. The Morgan fingerprint density at radius 2 is 1.76 bits per heavy atom. The number of halogens is 1. The van der Waals surface area contributed by atoms with Crippen molar-refractivity contribution < 1.29 is 0 Å². The van der Waals surface area contributed by atoms with Crippen LogP contribution in [0.15, 0.2) is 12.1 Å². The first-order valence-electron chi connectivity index (χ1n) is 7.87. The molecule has 0 amide bonds. The number of hydrogen-bond acceptors (Lipinski definition) is 3. The van der Waals surface area contributed by atoms with Gasteiger partial charge in [-0.1, -0.05) is 20.8 Å². The molecule has 0 radical (unpaired) electrons. The SMILES string of the molecule is CC(C)N1CCN(c2cc(CCl)cc(C(C)(C)C)n2)CC1. The fourth-order valence-corrected chi connectivity index (χ4v) is 2.82. The van der Waals surface area contributed by atoms with Crippen molar-refractivity contribution in [2.75, 3.05) is 31.1 Å². The zero-order valence-corrected chi connectivity index (χ0v) is 14.7. The lowest BCUT2D eigenvalue weighted by Crippen LogP contribution is -2.49. The normalized spacial score (nSPS) is 17.6. The number of rotatable bonds is 3. The summed E-state index contributed by atoms with van der Waals surface area (Å²) in [5, 5.41) is 0. The Balaban J connectivity index is 2.20. The molecule has 1 fully saturated rings. The maximum Gasteiger partial charge on any atom is 0.129 e. The Kier molecular flexibility index (Phi) is 5.15. The number of anilines is 1. The largest absolute Gasteiger partial charge is 0.354 e. The van der Waals surface area contributed by atoms with E-state index in [1.54, 1.807) is 0 Å². The van der Waals surface area contributed by atoms with E-state index >= 15 is 0 Å². The summed E-state index contributed by atoms with van der Waals surface area (Å²) >= 11 is 6.07. The van der Waals surface area contributed by atoms with Gasteiger partial charge in [-0.15, -0.1) is 11.6 Å². The van der Waals surface area contributed by atoms with Crippen LogP contribution in [-0.4, -0.2) is 42.1 Å². The molecule has 3 nitrogen and oxygen atoms in total. The topological polar surface area (TPSA) is 19.4 Å². The minimum Gasteiger partial charge on any atom is -0.354 e. The fourth-order valence-electron chi connectivity index (χ4n) is 2.66. The van der Waals surface area contributed by atoms with E-state index in [2.05, 4.69) is 56.6 Å². The molecule has 0 unspecified atom stereocenters. The Morgan fingerprint density at radius 1 is 1.14 bits per heavy atom. The molecule has 0 atom stereocenters. The lowest BCUT2D eigenvalue weighted by Gasteiger charge is -2.38. The van der Waals surface area contributed by atoms with Crippen molar-refractivity contribution in [3.8, 4) is 0 Å². The van der Waals surface area contributed by atoms with Crippen molar-refractivity contribution in [3.63, 3.8) is 0 Å². The number of piperazine rings is 1. The molecule has 1 aromatic rings. The average Bonchev–Trinajstić information content (AvgIpc) is 2.46. The van der Waals surface area contributed by atoms with Crippen molar-refractivity contribution >= 4 is 17.4 Å². The summed E-state index contributed by atoms with van der Waals surface area (Å²) in [5.41, 5.74) is 2.34. The van der Waals surface area contributed by atoms with Gasteiger partial charge in [0.15, 0.2) is 0 Å². The summed E-state index contributed by atoms with van der Waals surface area (Å²) < 4.78 is 0. The highest BCUT2D eigenvalue weighted by atomic mass is 35.5. The molecule has 1 aromatic heterocycles. The summed E-state index contributed by atoms with van der Waals surface area (Å²) in [7, 11) is 0. The third-order valence-electron chi connectivity index (χ3n) is 4.16. The summed E-state index contributed by atoms with van der Waals surface area (Å²) in [5.74, 6) is 1.63. The third-order valence-corrected chi connectivity index (χ3v) is 4.47. The summed E-state index contributed by atoms with van der Waals surface area (Å²) in [6.45, 7) is 15.4. The zero-order chi connectivity index (χ0) is 15.6. The van der Waals surface area contributed by atoms with Gasteiger partial charge in [-0.3, -0.25) is 4.90 Å². The maximum atomic E-state index is 6.07. The van der Waals surface area contributed by atoms with Gasteiger partial charge in [-0.05, 0) is 31.5 Å². The van der Waals surface area contributed by atoms with Gasteiger partial charge >= 0.3 is 0 Å². The van der Waals surface area contributed by atoms with Gasteiger partial charge in [0.25, 0.3) is 0 Å². The maximum absolute atomic E-state index is 6.07. The van der Waals surface area contributed by atoms with Crippen LogP contribution in [0.4, 0.5) is 5.82 Å². The van der Waals surface area contributed by atoms with Crippen LogP contribution in [0.2, 0.25) is 0 Å². The number of hydrogen-bond donors (Lipinski definition) is 0. The highest BCUT2D eigenvalue weighted by Crippen LogP contribution is 2.26. The second-order valence-corrected chi connectivity index (χ2v) is 7.49. The highest BCUT2D eigenvalue weighted by Gasteiger charge is 2.22. The Hall–Kier alpha value is -0.800. The first kappa shape index (κ1) is 16.6. The molecule has 0 saturated carbocycles. The van der Waals surface area contributed by atoms with E-state index in [0.29, 0.717) is 11.9 Å². The molecule has 1 aliphatic heterocycles. The van der Waals surface area contributed by atoms with E-state index in [1.165, 1.54) is 0 Å². The van der Waals surface area contributed by atoms with Crippen LogP contribution in [0.5, 0.6) is 0 Å². The van der Waals surface area contributed by atoms with E-state index in [-0.39, 0.29) is 5.41 Å². The highest BCUT2D eigenvalue weighted by molar-refractivity contribution is 6.17. The average molecular weight is 310 g/mol. The van der Waals surface area contributed by atoms with Gasteiger partial charge in [0.05, 0.1) is 0 Å². The van der Waals surface area contributed by atoms with Gasteiger partial charge in [0.1, 0.15) is 5.82 Å². The van der Waals surface area contributed by atoms with Crippen LogP contribution in [0, 0.1) is 0 Å². The zero-order valence-electron chi connectivity index (χ0n) is 14.0. The number of alkyl halides is 1. The minimum absolute atomic E-state index is 0.0522. The van der Waals surface area contributed by atoms with Gasteiger partial charge < -0.3 is 4.90 Å². The standard InChI is InChI=1S/C17H28ClN3/c1-13(2)20-6-8-21(9-7-20)16-11-14(12-18)10-15(19-16)17(3,4)5/h10-11,13H,6-9,12H2,1-5H3. The van der Waals surface area contributed by atoms with E-state index in [9.17, 15) is 0 Å². The third kappa shape index (κ3) is 4.10. The van der Waals surface area contributed by atoms with Crippen molar-refractivity contribution in [1.82, 2.24) is 9.88 Å². The second-order valence-electron chi connectivity index (χ2n) is 7.22. The molecule has 0 spiro atoms. The van der Waals surface area contributed by atoms with E-state index in [0.717, 1.165) is 43.3 Å². The van der Waals surface area contributed by atoms with Gasteiger partial charge in [-0.25, -0.2) is 4.98 Å². The fraction of sp³-hybridized carbons (Fsp3) is 0.706. The summed E-state index contributed by atoms with van der Waals surface area (Å²) in [4.78, 5) is 9.81. The Bertz CT molecular complexity index is 471. The van der Waals surface area contributed by atoms with Gasteiger partial charge in [0, 0.05) is 49.2 Å². The molecule has 2 rings (SSSR count). The molecule has 0 aromatic carbocycles. The Labute approximate surface area is 134 Å². The van der Waals surface area contributed by atoms with Crippen LogP contribution in [0.25, 0.3) is 0 Å². The van der Waals surface area contributed by atoms with E-state index in [4.69, 9.17) is 16.6 Å². The molecule has 2 heterocycles. The lowest BCUT2D eigenvalue weighted by molar-refractivity contribution is 0.209. The van der Waals surface area contributed by atoms with Gasteiger partial charge in [0.2, 0.25) is 0 Å².